The van der Waals surface area contributed by atoms with Gasteiger partial charge in [-0.3, -0.25) is 4.79 Å². The first kappa shape index (κ1) is 20.8. The zero-order valence-electron chi connectivity index (χ0n) is 18.1. The van der Waals surface area contributed by atoms with Gasteiger partial charge >= 0.3 is 5.91 Å². The molecule has 0 aliphatic carbocycles. The van der Waals surface area contributed by atoms with Crippen LogP contribution in [0.2, 0.25) is 0 Å². The third-order valence-corrected chi connectivity index (χ3v) is 5.59. The Morgan fingerprint density at radius 1 is 1.06 bits per heavy atom. The molecule has 0 spiro atoms. The summed E-state index contributed by atoms with van der Waals surface area (Å²) in [5.74, 6) is 0.770. The summed E-state index contributed by atoms with van der Waals surface area (Å²) in [5.41, 5.74) is 4.31. The van der Waals surface area contributed by atoms with Crippen molar-refractivity contribution in [2.24, 2.45) is 5.10 Å². The van der Waals surface area contributed by atoms with E-state index < -0.39 is 0 Å². The first-order valence-electron chi connectivity index (χ1n) is 10.7. The summed E-state index contributed by atoms with van der Waals surface area (Å²) in [7, 11) is 1.65. The van der Waals surface area contributed by atoms with Crippen LogP contribution in [0.4, 0.5) is 0 Å². The van der Waals surface area contributed by atoms with Crippen LogP contribution >= 0.6 is 0 Å². The van der Waals surface area contributed by atoms with Crippen molar-refractivity contribution in [1.82, 2.24) is 5.01 Å². The summed E-state index contributed by atoms with van der Waals surface area (Å²) in [4.78, 5) is 13.3. The van der Waals surface area contributed by atoms with Crippen molar-refractivity contribution in [3.05, 3.63) is 95.8 Å². The molecule has 0 radical (unpaired) electrons. The van der Waals surface area contributed by atoms with Gasteiger partial charge in [-0.15, -0.1) is 0 Å². The maximum Gasteiger partial charge on any atom is 0.309 e. The number of hydrazone groups is 1. The van der Waals surface area contributed by atoms with Crippen LogP contribution in [0.1, 0.15) is 42.5 Å². The predicted octanol–water partition coefficient (Wildman–Crippen LogP) is 4.31. The molecule has 0 bridgehead atoms. The minimum atomic E-state index is -0.131. The number of amides is 1. The number of methoxy groups -OCH3 is 1. The van der Waals surface area contributed by atoms with E-state index in [1.165, 1.54) is 5.56 Å². The van der Waals surface area contributed by atoms with Gasteiger partial charge in [-0.1, -0.05) is 55.8 Å². The monoisotopic (exact) mass is 414 g/mol. The average molecular weight is 415 g/mol. The highest BCUT2D eigenvalue weighted by Crippen LogP contribution is 2.33. The Kier molecular flexibility index (Phi) is 6.41. The Morgan fingerprint density at radius 3 is 2.42 bits per heavy atom. The van der Waals surface area contributed by atoms with Gasteiger partial charge in [0.2, 0.25) is 6.54 Å². The van der Waals surface area contributed by atoms with Crippen LogP contribution in [-0.4, -0.2) is 23.7 Å². The molecule has 5 nitrogen and oxygen atoms in total. The second kappa shape index (κ2) is 9.56. The number of carbonyl (C=O) groups is 1. The molecule has 4 rings (SSSR count). The van der Waals surface area contributed by atoms with Gasteiger partial charge in [0.15, 0.2) is 12.4 Å². The zero-order chi connectivity index (χ0) is 21.6. The molecule has 0 saturated heterocycles. The molecule has 1 aliphatic rings. The predicted molar refractivity (Wildman–Crippen MR) is 121 cm³/mol. The Morgan fingerprint density at radius 2 is 1.77 bits per heavy atom. The molecular formula is C26H28N3O2+. The number of carbonyl (C=O) groups excluding carboxylic acids is 1. The molecule has 0 fully saturated rings. The Bertz CT molecular complexity index is 1040. The van der Waals surface area contributed by atoms with Crippen molar-refractivity contribution in [3.63, 3.8) is 0 Å². The maximum atomic E-state index is 13.3. The minimum Gasteiger partial charge on any atom is -0.497 e. The fourth-order valence-corrected chi connectivity index (χ4v) is 3.91. The fraction of sp³-hybridized carbons (Fsp3) is 0.269. The van der Waals surface area contributed by atoms with E-state index in [9.17, 15) is 4.79 Å². The number of ether oxygens (including phenoxy) is 1. The third kappa shape index (κ3) is 4.82. The summed E-state index contributed by atoms with van der Waals surface area (Å²) in [6, 6.07) is 22.0. The van der Waals surface area contributed by atoms with Gasteiger partial charge in [-0.25, -0.2) is 5.01 Å². The van der Waals surface area contributed by atoms with E-state index in [-0.39, 0.29) is 18.5 Å². The van der Waals surface area contributed by atoms with E-state index in [4.69, 9.17) is 9.84 Å². The molecule has 5 heteroatoms. The zero-order valence-corrected chi connectivity index (χ0v) is 18.1. The molecule has 1 atom stereocenters. The van der Waals surface area contributed by atoms with Crippen LogP contribution in [-0.2, 0) is 17.8 Å². The standard InChI is InChI=1S/C26H28N3O2/c1-3-7-20-14-16-28(17-15-20)19-26(30)29-25(22-10-12-23(31-2)13-11-22)18-24(27-29)21-8-5-4-6-9-21/h4-6,8-17,25H,3,7,18-19H2,1-2H3/q+1/t25-/m1/s1. The number of rotatable bonds is 7. The van der Waals surface area contributed by atoms with E-state index in [1.807, 2.05) is 71.6 Å². The van der Waals surface area contributed by atoms with Crippen LogP contribution in [0.3, 0.4) is 0 Å². The third-order valence-electron chi connectivity index (χ3n) is 5.59. The Balaban J connectivity index is 1.59. The molecule has 2 aromatic carbocycles. The smallest absolute Gasteiger partial charge is 0.309 e. The van der Waals surface area contributed by atoms with Gasteiger partial charge in [0.1, 0.15) is 5.75 Å². The van der Waals surface area contributed by atoms with E-state index in [2.05, 4.69) is 19.1 Å². The highest BCUT2D eigenvalue weighted by Gasteiger charge is 2.34. The van der Waals surface area contributed by atoms with Crippen molar-refractivity contribution >= 4 is 11.6 Å². The molecule has 158 valence electrons. The van der Waals surface area contributed by atoms with Gasteiger partial charge in [0, 0.05) is 18.6 Å². The number of hydrogen-bond acceptors (Lipinski definition) is 3. The number of pyridine rings is 1. The van der Waals surface area contributed by atoms with Crippen LogP contribution in [0.5, 0.6) is 5.75 Å². The molecule has 1 aliphatic heterocycles. The number of aryl methyl sites for hydroxylation is 1. The molecule has 0 unspecified atom stereocenters. The maximum absolute atomic E-state index is 13.3. The van der Waals surface area contributed by atoms with Crippen molar-refractivity contribution in [2.45, 2.75) is 38.8 Å². The van der Waals surface area contributed by atoms with Gasteiger partial charge in [-0.2, -0.15) is 9.67 Å². The lowest BCUT2D eigenvalue weighted by Crippen LogP contribution is -2.42. The van der Waals surface area contributed by atoms with E-state index in [1.54, 1.807) is 12.1 Å². The van der Waals surface area contributed by atoms with Gasteiger partial charge in [-0.05, 0) is 35.2 Å². The molecule has 1 amide bonds. The number of hydrogen-bond donors (Lipinski definition) is 0. The largest absolute Gasteiger partial charge is 0.497 e. The Labute approximate surface area is 183 Å². The molecule has 0 saturated carbocycles. The van der Waals surface area contributed by atoms with E-state index in [0.29, 0.717) is 6.42 Å². The van der Waals surface area contributed by atoms with E-state index >= 15 is 0 Å². The fourth-order valence-electron chi connectivity index (χ4n) is 3.91. The quantitative estimate of drug-likeness (QED) is 0.541. The molecule has 0 N–H and O–H groups in total. The van der Waals surface area contributed by atoms with Gasteiger partial charge < -0.3 is 4.74 Å². The second-order valence-electron chi connectivity index (χ2n) is 7.77. The summed E-state index contributed by atoms with van der Waals surface area (Å²) < 4.78 is 7.21. The topological polar surface area (TPSA) is 45.8 Å². The summed E-state index contributed by atoms with van der Waals surface area (Å²) in [5, 5.41) is 6.41. The van der Waals surface area contributed by atoms with Gasteiger partial charge in [0.25, 0.3) is 0 Å². The highest BCUT2D eigenvalue weighted by atomic mass is 16.5. The molecular weight excluding hydrogens is 386 g/mol. The first-order valence-corrected chi connectivity index (χ1v) is 10.7. The average Bonchev–Trinajstić information content (AvgIpc) is 3.27. The normalized spacial score (nSPS) is 15.6. The molecule has 3 aromatic rings. The van der Waals surface area contributed by atoms with Crippen molar-refractivity contribution in [2.75, 3.05) is 7.11 Å². The van der Waals surface area contributed by atoms with Crippen LogP contribution in [0, 0.1) is 0 Å². The number of nitrogens with zero attached hydrogens (tertiary/aromatic N) is 3. The summed E-state index contributed by atoms with van der Waals surface area (Å²) >= 11 is 0. The SMILES string of the molecule is CCCc1cc[n+](CC(=O)N2N=C(c3ccccc3)C[C@@H]2c2ccc(OC)cc2)cc1. The van der Waals surface area contributed by atoms with Crippen molar-refractivity contribution in [3.8, 4) is 5.75 Å². The lowest BCUT2D eigenvalue weighted by molar-refractivity contribution is -0.685. The molecule has 31 heavy (non-hydrogen) atoms. The lowest BCUT2D eigenvalue weighted by atomic mass is 9.98. The minimum absolute atomic E-state index is 0.0278. The molecule has 2 heterocycles. The number of benzene rings is 2. The lowest BCUT2D eigenvalue weighted by Gasteiger charge is -2.21. The van der Waals surface area contributed by atoms with E-state index in [0.717, 1.165) is 35.4 Å². The van der Waals surface area contributed by atoms with Crippen molar-refractivity contribution < 1.29 is 14.1 Å². The Hall–Kier alpha value is -3.47. The van der Waals surface area contributed by atoms with Crippen LogP contribution in [0.15, 0.2) is 84.2 Å². The van der Waals surface area contributed by atoms with Crippen LogP contribution < -0.4 is 9.30 Å². The second-order valence-corrected chi connectivity index (χ2v) is 7.77. The molecule has 1 aromatic heterocycles. The summed E-state index contributed by atoms with van der Waals surface area (Å²) in [6.45, 7) is 2.42. The van der Waals surface area contributed by atoms with Gasteiger partial charge in [0.05, 0.1) is 18.9 Å². The van der Waals surface area contributed by atoms with Crippen LogP contribution in [0.25, 0.3) is 0 Å². The summed E-state index contributed by atoms with van der Waals surface area (Å²) in [6.07, 6.45) is 6.79. The number of aromatic nitrogens is 1. The first-order chi connectivity index (χ1) is 15.2. The van der Waals surface area contributed by atoms with Crippen molar-refractivity contribution in [1.29, 1.82) is 0 Å². The highest BCUT2D eigenvalue weighted by molar-refractivity contribution is 6.03.